The Morgan fingerprint density at radius 2 is 2.41 bits per heavy atom. The van der Waals surface area contributed by atoms with Crippen LogP contribution in [0.5, 0.6) is 0 Å². The summed E-state index contributed by atoms with van der Waals surface area (Å²) in [5.41, 5.74) is 3.49. The molecule has 1 aliphatic heterocycles. The Balaban J connectivity index is 2.33. The number of carbonyl (C=O) groups is 1. The largest absolute Gasteiger partial charge is 0.353 e. The van der Waals surface area contributed by atoms with E-state index in [0.29, 0.717) is 18.9 Å². The summed E-state index contributed by atoms with van der Waals surface area (Å²) in [6, 6.07) is 0. The van der Waals surface area contributed by atoms with Crippen molar-refractivity contribution in [3.8, 4) is 0 Å². The molecule has 7 nitrogen and oxygen atoms in total. The van der Waals surface area contributed by atoms with Gasteiger partial charge in [0.1, 0.15) is 18.0 Å². The van der Waals surface area contributed by atoms with Crippen molar-refractivity contribution in [1.29, 1.82) is 0 Å². The Hall–Kier alpha value is -1.89. The van der Waals surface area contributed by atoms with Crippen molar-refractivity contribution in [2.24, 2.45) is 5.84 Å². The molecule has 4 N–H and O–H groups in total. The van der Waals surface area contributed by atoms with Gasteiger partial charge in [-0.05, 0) is 6.42 Å². The molecule has 0 bridgehead atoms. The van der Waals surface area contributed by atoms with Crippen LogP contribution in [0.3, 0.4) is 0 Å². The van der Waals surface area contributed by atoms with E-state index < -0.39 is 0 Å². The standard InChI is InChI=1S/C10H16N6O/c1-2-7-9(15-11)13-6-14-10(7)16-4-3-12-8(17)5-16/h6H,2-5,11H2,1H3,(H,12,17)(H,13,14,15). The lowest BCUT2D eigenvalue weighted by atomic mass is 10.2. The summed E-state index contributed by atoms with van der Waals surface area (Å²) in [4.78, 5) is 21.6. The second kappa shape index (κ2) is 4.96. The van der Waals surface area contributed by atoms with Gasteiger partial charge in [0.25, 0.3) is 0 Å². The lowest BCUT2D eigenvalue weighted by Crippen LogP contribution is -2.48. The fourth-order valence-electron chi connectivity index (χ4n) is 1.94. The molecule has 0 saturated carbocycles. The first-order chi connectivity index (χ1) is 8.26. The molecule has 0 unspecified atom stereocenters. The van der Waals surface area contributed by atoms with Crippen LogP contribution in [-0.2, 0) is 11.2 Å². The summed E-state index contributed by atoms with van der Waals surface area (Å²) in [6.07, 6.45) is 2.21. The molecule has 17 heavy (non-hydrogen) atoms. The molecule has 1 aliphatic rings. The fraction of sp³-hybridized carbons (Fsp3) is 0.500. The fourth-order valence-corrected chi connectivity index (χ4v) is 1.94. The number of anilines is 2. The van der Waals surface area contributed by atoms with Crippen molar-refractivity contribution < 1.29 is 4.79 Å². The highest BCUT2D eigenvalue weighted by atomic mass is 16.2. The van der Waals surface area contributed by atoms with Gasteiger partial charge >= 0.3 is 0 Å². The van der Waals surface area contributed by atoms with Crippen molar-refractivity contribution in [2.75, 3.05) is 30.0 Å². The number of nitrogens with two attached hydrogens (primary N) is 1. The van der Waals surface area contributed by atoms with Gasteiger partial charge in [0.05, 0.1) is 6.54 Å². The Morgan fingerprint density at radius 3 is 3.06 bits per heavy atom. The average Bonchev–Trinajstić information content (AvgIpc) is 2.37. The van der Waals surface area contributed by atoms with Crippen LogP contribution in [0.1, 0.15) is 12.5 Å². The number of hydrogen-bond acceptors (Lipinski definition) is 6. The van der Waals surface area contributed by atoms with Gasteiger partial charge in [0.2, 0.25) is 5.91 Å². The van der Waals surface area contributed by atoms with Gasteiger partial charge < -0.3 is 15.6 Å². The molecule has 1 fully saturated rings. The number of nitrogens with zero attached hydrogens (tertiary/aromatic N) is 3. The maximum Gasteiger partial charge on any atom is 0.239 e. The minimum absolute atomic E-state index is 0.0131. The number of amides is 1. The van der Waals surface area contributed by atoms with Crippen LogP contribution >= 0.6 is 0 Å². The second-order valence-electron chi connectivity index (χ2n) is 3.79. The van der Waals surface area contributed by atoms with Gasteiger partial charge in [-0.2, -0.15) is 0 Å². The number of piperazine rings is 1. The Bertz CT molecular complexity index is 421. The van der Waals surface area contributed by atoms with Gasteiger partial charge in [-0.1, -0.05) is 6.92 Å². The zero-order valence-corrected chi connectivity index (χ0v) is 9.73. The van der Waals surface area contributed by atoms with Crippen molar-refractivity contribution in [2.45, 2.75) is 13.3 Å². The molecule has 1 aromatic rings. The van der Waals surface area contributed by atoms with Crippen molar-refractivity contribution in [1.82, 2.24) is 15.3 Å². The van der Waals surface area contributed by atoms with Gasteiger partial charge in [0.15, 0.2) is 0 Å². The lowest BCUT2D eigenvalue weighted by molar-refractivity contribution is -0.120. The molecule has 1 saturated heterocycles. The molecular formula is C10H16N6O. The zero-order valence-electron chi connectivity index (χ0n) is 9.73. The number of hydrazine groups is 1. The summed E-state index contributed by atoms with van der Waals surface area (Å²) < 4.78 is 0. The van der Waals surface area contributed by atoms with Crippen LogP contribution in [0.15, 0.2) is 6.33 Å². The third-order valence-corrected chi connectivity index (χ3v) is 2.75. The second-order valence-corrected chi connectivity index (χ2v) is 3.79. The van der Waals surface area contributed by atoms with Crippen LogP contribution in [0.4, 0.5) is 11.6 Å². The highest BCUT2D eigenvalue weighted by Gasteiger charge is 2.21. The normalized spacial score (nSPS) is 15.6. The summed E-state index contributed by atoms with van der Waals surface area (Å²) in [7, 11) is 0. The van der Waals surface area contributed by atoms with E-state index in [-0.39, 0.29) is 5.91 Å². The predicted molar refractivity (Wildman–Crippen MR) is 64.4 cm³/mol. The number of nitrogen functional groups attached to an aromatic ring is 1. The molecular weight excluding hydrogens is 220 g/mol. The molecule has 0 spiro atoms. The summed E-state index contributed by atoms with van der Waals surface area (Å²) in [5.74, 6) is 6.82. The van der Waals surface area contributed by atoms with Crippen LogP contribution in [0.2, 0.25) is 0 Å². The topological polar surface area (TPSA) is 96.2 Å². The van der Waals surface area contributed by atoms with E-state index in [4.69, 9.17) is 5.84 Å². The highest BCUT2D eigenvalue weighted by molar-refractivity contribution is 5.82. The zero-order chi connectivity index (χ0) is 12.3. The molecule has 1 aromatic heterocycles. The Labute approximate surface area is 99.4 Å². The van der Waals surface area contributed by atoms with E-state index in [1.807, 2.05) is 11.8 Å². The summed E-state index contributed by atoms with van der Waals surface area (Å²) >= 11 is 0. The molecule has 7 heteroatoms. The molecule has 0 atom stereocenters. The third kappa shape index (κ3) is 2.28. The van der Waals surface area contributed by atoms with Crippen molar-refractivity contribution in [3.05, 3.63) is 11.9 Å². The SMILES string of the molecule is CCc1c(NN)ncnc1N1CCNC(=O)C1. The van der Waals surface area contributed by atoms with E-state index >= 15 is 0 Å². The van der Waals surface area contributed by atoms with Crippen LogP contribution in [0.25, 0.3) is 0 Å². The van der Waals surface area contributed by atoms with Crippen LogP contribution < -0.4 is 21.5 Å². The molecule has 2 rings (SSSR count). The Morgan fingerprint density at radius 1 is 1.59 bits per heavy atom. The predicted octanol–water partition coefficient (Wildman–Crippen LogP) is -0.739. The van der Waals surface area contributed by atoms with Crippen molar-refractivity contribution in [3.63, 3.8) is 0 Å². The van der Waals surface area contributed by atoms with E-state index in [9.17, 15) is 4.79 Å². The average molecular weight is 236 g/mol. The van der Waals surface area contributed by atoms with E-state index in [2.05, 4.69) is 20.7 Å². The monoisotopic (exact) mass is 236 g/mol. The number of nitrogens with one attached hydrogen (secondary N) is 2. The molecule has 0 aliphatic carbocycles. The first-order valence-corrected chi connectivity index (χ1v) is 5.58. The molecule has 92 valence electrons. The van der Waals surface area contributed by atoms with Crippen molar-refractivity contribution >= 4 is 17.5 Å². The van der Waals surface area contributed by atoms with Crippen LogP contribution in [-0.4, -0.2) is 35.5 Å². The molecule has 0 radical (unpaired) electrons. The maximum atomic E-state index is 11.4. The minimum atomic E-state index is 0.0131. The minimum Gasteiger partial charge on any atom is -0.353 e. The smallest absolute Gasteiger partial charge is 0.239 e. The number of rotatable bonds is 3. The van der Waals surface area contributed by atoms with Gasteiger partial charge in [-0.15, -0.1) is 0 Å². The number of carbonyl (C=O) groups excluding carboxylic acids is 1. The van der Waals surface area contributed by atoms with Crippen LogP contribution in [0, 0.1) is 0 Å². The van der Waals surface area contributed by atoms with Gasteiger partial charge in [0, 0.05) is 18.7 Å². The van der Waals surface area contributed by atoms with Gasteiger partial charge in [-0.25, -0.2) is 15.8 Å². The molecule has 0 aromatic carbocycles. The highest BCUT2D eigenvalue weighted by Crippen LogP contribution is 2.23. The van der Waals surface area contributed by atoms with E-state index in [1.54, 1.807) is 0 Å². The van der Waals surface area contributed by atoms with E-state index in [1.165, 1.54) is 6.33 Å². The molecule has 1 amide bonds. The summed E-state index contributed by atoms with van der Waals surface area (Å²) in [5, 5.41) is 2.78. The summed E-state index contributed by atoms with van der Waals surface area (Å²) in [6.45, 7) is 3.72. The maximum absolute atomic E-state index is 11.4. The number of aromatic nitrogens is 2. The quantitative estimate of drug-likeness (QED) is 0.472. The lowest BCUT2D eigenvalue weighted by Gasteiger charge is -2.29. The van der Waals surface area contributed by atoms with E-state index in [0.717, 1.165) is 24.3 Å². The first-order valence-electron chi connectivity index (χ1n) is 5.58. The Kier molecular flexibility index (Phi) is 3.38. The van der Waals surface area contributed by atoms with Gasteiger partial charge in [-0.3, -0.25) is 4.79 Å². The first kappa shape index (κ1) is 11.6. The third-order valence-electron chi connectivity index (χ3n) is 2.75. The number of hydrogen-bond donors (Lipinski definition) is 3. The molecule has 2 heterocycles.